The van der Waals surface area contributed by atoms with Crippen LogP contribution in [0.25, 0.3) is 0 Å². The van der Waals surface area contributed by atoms with E-state index in [-0.39, 0.29) is 12.4 Å². The summed E-state index contributed by atoms with van der Waals surface area (Å²) in [6, 6.07) is 2.19. The molecule has 0 aromatic carbocycles. The van der Waals surface area contributed by atoms with E-state index in [0.717, 1.165) is 0 Å². The number of nitrogens with one attached hydrogen (secondary N) is 1. The molecule has 0 saturated heterocycles. The molecule has 1 aromatic rings. The molecule has 0 aliphatic carbocycles. The molecular weight excluding hydrogens is 170 g/mol. The fourth-order valence-corrected chi connectivity index (χ4v) is 1.32. The summed E-state index contributed by atoms with van der Waals surface area (Å²) in [6.45, 7) is 4.38. The lowest BCUT2D eigenvalue weighted by Gasteiger charge is -1.97. The maximum absolute atomic E-state index is 3.20. The smallest absolute Gasteiger partial charge is 0.0148 e. The van der Waals surface area contributed by atoms with Gasteiger partial charge in [0.1, 0.15) is 0 Å². The summed E-state index contributed by atoms with van der Waals surface area (Å²) in [7, 11) is 0. The number of H-pyrrole nitrogens is 1. The molecular formula is C10H18ClN. The monoisotopic (exact) mass is 187 g/mol. The van der Waals surface area contributed by atoms with Crippen molar-refractivity contribution in [3.05, 3.63) is 23.5 Å². The molecule has 0 unspecified atom stereocenters. The Bertz CT molecular complexity index is 205. The minimum atomic E-state index is 0. The average molecular weight is 188 g/mol. The number of hydrogen-bond acceptors (Lipinski definition) is 0. The van der Waals surface area contributed by atoms with Crippen LogP contribution in [-0.2, 0) is 6.42 Å². The Hall–Kier alpha value is -0.430. The molecule has 0 spiro atoms. The predicted molar refractivity (Wildman–Crippen MR) is 56.0 cm³/mol. The Kier molecular flexibility index (Phi) is 5.91. The maximum Gasteiger partial charge on any atom is 0.0148 e. The van der Waals surface area contributed by atoms with Gasteiger partial charge in [-0.05, 0) is 31.4 Å². The third-order valence-electron chi connectivity index (χ3n) is 2.12. The summed E-state index contributed by atoms with van der Waals surface area (Å²) < 4.78 is 0. The SMILES string of the molecule is CCCCCc1cc[nH]c1C.Cl. The summed E-state index contributed by atoms with van der Waals surface area (Å²) in [5.74, 6) is 0. The zero-order valence-corrected chi connectivity index (χ0v) is 8.71. The number of aromatic nitrogens is 1. The third-order valence-corrected chi connectivity index (χ3v) is 2.12. The second kappa shape index (κ2) is 6.13. The molecule has 0 fully saturated rings. The summed E-state index contributed by atoms with van der Waals surface area (Å²) in [4.78, 5) is 3.20. The Labute approximate surface area is 81.0 Å². The van der Waals surface area contributed by atoms with Crippen LogP contribution in [0.15, 0.2) is 12.3 Å². The van der Waals surface area contributed by atoms with E-state index in [1.54, 1.807) is 0 Å². The van der Waals surface area contributed by atoms with Crippen LogP contribution in [0.4, 0.5) is 0 Å². The second-order valence-corrected chi connectivity index (χ2v) is 3.09. The van der Waals surface area contributed by atoms with E-state index in [1.807, 2.05) is 6.20 Å². The number of aromatic amines is 1. The second-order valence-electron chi connectivity index (χ2n) is 3.09. The van der Waals surface area contributed by atoms with Crippen LogP contribution >= 0.6 is 12.4 Å². The molecule has 2 heteroatoms. The first-order valence-corrected chi connectivity index (χ1v) is 4.47. The van der Waals surface area contributed by atoms with Gasteiger partial charge >= 0.3 is 0 Å². The van der Waals surface area contributed by atoms with E-state index in [1.165, 1.54) is 36.9 Å². The molecule has 0 atom stereocenters. The van der Waals surface area contributed by atoms with Crippen LogP contribution in [0, 0.1) is 6.92 Å². The fraction of sp³-hybridized carbons (Fsp3) is 0.600. The van der Waals surface area contributed by atoms with Gasteiger partial charge in [0, 0.05) is 11.9 Å². The van der Waals surface area contributed by atoms with Crippen molar-refractivity contribution in [3.8, 4) is 0 Å². The molecule has 1 N–H and O–H groups in total. The standard InChI is InChI=1S/C10H17N.ClH/c1-3-4-5-6-10-7-8-11-9(10)2;/h7-8,11H,3-6H2,1-2H3;1H. The lowest BCUT2D eigenvalue weighted by Crippen LogP contribution is -1.85. The average Bonchev–Trinajstić information content (AvgIpc) is 2.37. The van der Waals surface area contributed by atoms with Gasteiger partial charge in [0.05, 0.1) is 0 Å². The maximum atomic E-state index is 3.20. The Morgan fingerprint density at radius 1 is 1.33 bits per heavy atom. The summed E-state index contributed by atoms with van der Waals surface area (Å²) in [5, 5.41) is 0. The van der Waals surface area contributed by atoms with E-state index >= 15 is 0 Å². The van der Waals surface area contributed by atoms with Crippen molar-refractivity contribution in [1.29, 1.82) is 0 Å². The van der Waals surface area contributed by atoms with Gasteiger partial charge in [0.15, 0.2) is 0 Å². The molecule has 0 saturated carbocycles. The largest absolute Gasteiger partial charge is 0.365 e. The predicted octanol–water partition coefficient (Wildman–Crippen LogP) is 3.48. The number of unbranched alkanes of at least 4 members (excludes halogenated alkanes) is 2. The fourth-order valence-electron chi connectivity index (χ4n) is 1.32. The Morgan fingerprint density at radius 3 is 2.58 bits per heavy atom. The molecule has 0 amide bonds. The molecule has 0 aliphatic rings. The first-order valence-electron chi connectivity index (χ1n) is 4.47. The third kappa shape index (κ3) is 3.31. The van der Waals surface area contributed by atoms with Crippen LogP contribution < -0.4 is 0 Å². The van der Waals surface area contributed by atoms with Gasteiger partial charge in [0.2, 0.25) is 0 Å². The lowest BCUT2D eigenvalue weighted by atomic mass is 10.1. The van der Waals surface area contributed by atoms with Crippen molar-refractivity contribution in [2.24, 2.45) is 0 Å². The highest BCUT2D eigenvalue weighted by Gasteiger charge is 1.96. The minimum absolute atomic E-state index is 0. The Morgan fingerprint density at radius 2 is 2.08 bits per heavy atom. The van der Waals surface area contributed by atoms with Crippen LogP contribution in [0.3, 0.4) is 0 Å². The molecule has 1 nitrogen and oxygen atoms in total. The molecule has 12 heavy (non-hydrogen) atoms. The van der Waals surface area contributed by atoms with Gasteiger partial charge in [-0.25, -0.2) is 0 Å². The molecule has 1 rings (SSSR count). The van der Waals surface area contributed by atoms with E-state index in [0.29, 0.717) is 0 Å². The number of rotatable bonds is 4. The van der Waals surface area contributed by atoms with Crippen LogP contribution in [0.2, 0.25) is 0 Å². The van der Waals surface area contributed by atoms with Gasteiger partial charge in [-0.1, -0.05) is 19.8 Å². The van der Waals surface area contributed by atoms with Gasteiger partial charge < -0.3 is 4.98 Å². The van der Waals surface area contributed by atoms with Crippen molar-refractivity contribution < 1.29 is 0 Å². The quantitative estimate of drug-likeness (QED) is 0.695. The Balaban J connectivity index is 0.00000121. The molecule has 1 heterocycles. The highest BCUT2D eigenvalue weighted by Crippen LogP contribution is 2.09. The first-order chi connectivity index (χ1) is 5.34. The summed E-state index contributed by atoms with van der Waals surface area (Å²) in [5.41, 5.74) is 2.82. The van der Waals surface area contributed by atoms with E-state index in [2.05, 4.69) is 24.9 Å². The van der Waals surface area contributed by atoms with Crippen LogP contribution in [0.5, 0.6) is 0 Å². The van der Waals surface area contributed by atoms with Crippen molar-refractivity contribution in [2.75, 3.05) is 0 Å². The van der Waals surface area contributed by atoms with Crippen molar-refractivity contribution in [2.45, 2.75) is 39.5 Å². The van der Waals surface area contributed by atoms with Gasteiger partial charge in [0.25, 0.3) is 0 Å². The first kappa shape index (κ1) is 11.6. The highest BCUT2D eigenvalue weighted by atomic mass is 35.5. The van der Waals surface area contributed by atoms with Gasteiger partial charge in [-0.2, -0.15) is 0 Å². The molecule has 1 aromatic heterocycles. The molecule has 0 radical (unpaired) electrons. The minimum Gasteiger partial charge on any atom is -0.365 e. The topological polar surface area (TPSA) is 15.8 Å². The van der Waals surface area contributed by atoms with Gasteiger partial charge in [-0.15, -0.1) is 12.4 Å². The van der Waals surface area contributed by atoms with E-state index in [4.69, 9.17) is 0 Å². The van der Waals surface area contributed by atoms with Crippen LogP contribution in [0.1, 0.15) is 37.4 Å². The molecule has 0 aliphatic heterocycles. The lowest BCUT2D eigenvalue weighted by molar-refractivity contribution is 0.715. The summed E-state index contributed by atoms with van der Waals surface area (Å²) in [6.07, 6.45) is 7.25. The number of halogens is 1. The number of aryl methyl sites for hydroxylation is 2. The molecule has 70 valence electrons. The zero-order chi connectivity index (χ0) is 8.10. The van der Waals surface area contributed by atoms with E-state index in [9.17, 15) is 0 Å². The van der Waals surface area contributed by atoms with Crippen molar-refractivity contribution >= 4 is 12.4 Å². The van der Waals surface area contributed by atoms with Crippen molar-refractivity contribution in [1.82, 2.24) is 4.98 Å². The van der Waals surface area contributed by atoms with E-state index < -0.39 is 0 Å². The normalized spacial score (nSPS) is 9.50. The molecule has 0 bridgehead atoms. The highest BCUT2D eigenvalue weighted by molar-refractivity contribution is 5.85. The van der Waals surface area contributed by atoms with Crippen molar-refractivity contribution in [3.63, 3.8) is 0 Å². The summed E-state index contributed by atoms with van der Waals surface area (Å²) >= 11 is 0. The van der Waals surface area contributed by atoms with Gasteiger partial charge in [-0.3, -0.25) is 0 Å². The number of hydrogen-bond donors (Lipinski definition) is 1. The van der Waals surface area contributed by atoms with Crippen LogP contribution in [-0.4, -0.2) is 4.98 Å². The zero-order valence-electron chi connectivity index (χ0n) is 7.89.